The second-order valence-corrected chi connectivity index (χ2v) is 3.87. The number of rotatable bonds is 7. The van der Waals surface area contributed by atoms with Gasteiger partial charge in [0.25, 0.3) is 0 Å². The van der Waals surface area contributed by atoms with Crippen molar-refractivity contribution in [2.45, 2.75) is 19.9 Å². The Morgan fingerprint density at radius 2 is 2.00 bits per heavy atom. The molecular formula is C11H18N2O5. The molecule has 0 saturated carbocycles. The van der Waals surface area contributed by atoms with Gasteiger partial charge in [0, 0.05) is 0 Å². The molecule has 0 aromatic carbocycles. The smallest absolute Gasteiger partial charge is 0.407 e. The molecule has 0 aliphatic carbocycles. The number of ether oxygens (including phenoxy) is 1. The van der Waals surface area contributed by atoms with Crippen molar-refractivity contribution in [1.29, 1.82) is 0 Å². The minimum atomic E-state index is -1.12. The average Bonchev–Trinajstić information content (AvgIpc) is 2.29. The summed E-state index contributed by atoms with van der Waals surface area (Å²) < 4.78 is 4.58. The molecule has 0 aliphatic rings. The van der Waals surface area contributed by atoms with Gasteiger partial charge in [-0.2, -0.15) is 0 Å². The standard InChI is InChI=1S/C11H18N2O5/c1-4-5-18-11(17)12-6-8(14)13-9(7(2)3)10(15)16/h4,7,9H,1,5-6H2,2-3H3,(H,12,17)(H,13,14)(H,15,16)/t9-/m1/s1. The molecule has 0 heterocycles. The van der Waals surface area contributed by atoms with Crippen LogP contribution in [0.1, 0.15) is 13.8 Å². The van der Waals surface area contributed by atoms with E-state index in [1.165, 1.54) is 6.08 Å². The zero-order valence-electron chi connectivity index (χ0n) is 10.4. The number of aliphatic carboxylic acids is 1. The van der Waals surface area contributed by atoms with Crippen molar-refractivity contribution in [2.75, 3.05) is 13.2 Å². The summed E-state index contributed by atoms with van der Waals surface area (Å²) in [5.41, 5.74) is 0. The lowest BCUT2D eigenvalue weighted by Gasteiger charge is -2.17. The number of carboxylic acids is 1. The Morgan fingerprint density at radius 3 is 2.44 bits per heavy atom. The van der Waals surface area contributed by atoms with Gasteiger partial charge in [0.2, 0.25) is 5.91 Å². The maximum Gasteiger partial charge on any atom is 0.407 e. The van der Waals surface area contributed by atoms with Gasteiger partial charge in [0.15, 0.2) is 0 Å². The highest BCUT2D eigenvalue weighted by Crippen LogP contribution is 2.00. The van der Waals surface area contributed by atoms with Crippen molar-refractivity contribution in [3.8, 4) is 0 Å². The Bertz CT molecular complexity index is 327. The van der Waals surface area contributed by atoms with Crippen LogP contribution in [-0.2, 0) is 14.3 Å². The summed E-state index contributed by atoms with van der Waals surface area (Å²) in [5, 5.41) is 13.3. The number of carboxylic acid groups (broad SMARTS) is 1. The molecule has 102 valence electrons. The van der Waals surface area contributed by atoms with E-state index in [0.717, 1.165) is 0 Å². The molecule has 2 amide bonds. The van der Waals surface area contributed by atoms with Crippen molar-refractivity contribution in [2.24, 2.45) is 5.92 Å². The van der Waals surface area contributed by atoms with Gasteiger partial charge in [-0.3, -0.25) is 4.79 Å². The SMILES string of the molecule is C=CCOC(=O)NCC(=O)N[C@@H](C(=O)O)C(C)C. The molecule has 3 N–H and O–H groups in total. The molecule has 0 aromatic rings. The Hall–Kier alpha value is -2.05. The van der Waals surface area contributed by atoms with E-state index in [9.17, 15) is 14.4 Å². The van der Waals surface area contributed by atoms with Crippen LogP contribution in [0.3, 0.4) is 0 Å². The summed E-state index contributed by atoms with van der Waals surface area (Å²) in [6, 6.07) is -0.983. The van der Waals surface area contributed by atoms with Crippen LogP contribution in [0.2, 0.25) is 0 Å². The van der Waals surface area contributed by atoms with E-state index in [4.69, 9.17) is 5.11 Å². The van der Waals surface area contributed by atoms with Gasteiger partial charge in [-0.1, -0.05) is 26.5 Å². The highest BCUT2D eigenvalue weighted by molar-refractivity contribution is 5.86. The van der Waals surface area contributed by atoms with Crippen molar-refractivity contribution < 1.29 is 24.2 Å². The van der Waals surface area contributed by atoms with E-state index < -0.39 is 24.0 Å². The zero-order valence-corrected chi connectivity index (χ0v) is 10.4. The number of alkyl carbamates (subject to hydrolysis) is 1. The summed E-state index contributed by atoms with van der Waals surface area (Å²) in [6.45, 7) is 6.40. The number of hydrogen-bond acceptors (Lipinski definition) is 4. The molecule has 0 aliphatic heterocycles. The molecule has 0 rings (SSSR count). The Morgan fingerprint density at radius 1 is 1.39 bits per heavy atom. The molecule has 0 saturated heterocycles. The van der Waals surface area contributed by atoms with E-state index in [0.29, 0.717) is 0 Å². The molecule has 0 radical (unpaired) electrons. The van der Waals surface area contributed by atoms with E-state index in [1.807, 2.05) is 0 Å². The molecule has 0 aromatic heterocycles. The van der Waals surface area contributed by atoms with E-state index in [2.05, 4.69) is 21.9 Å². The van der Waals surface area contributed by atoms with Crippen LogP contribution in [0.4, 0.5) is 4.79 Å². The lowest BCUT2D eigenvalue weighted by atomic mass is 10.1. The van der Waals surface area contributed by atoms with Crippen molar-refractivity contribution in [1.82, 2.24) is 10.6 Å². The normalized spacial score (nSPS) is 11.5. The number of carbonyl (C=O) groups excluding carboxylic acids is 2. The first-order valence-corrected chi connectivity index (χ1v) is 5.42. The topological polar surface area (TPSA) is 105 Å². The average molecular weight is 258 g/mol. The van der Waals surface area contributed by atoms with Gasteiger partial charge in [-0.05, 0) is 5.92 Å². The summed E-state index contributed by atoms with van der Waals surface area (Å²) in [7, 11) is 0. The number of amides is 2. The predicted octanol–water partition coefficient (Wildman–Crippen LogP) is 0.124. The van der Waals surface area contributed by atoms with Gasteiger partial charge in [-0.15, -0.1) is 0 Å². The Labute approximate surface area is 105 Å². The van der Waals surface area contributed by atoms with Crippen LogP contribution >= 0.6 is 0 Å². The first-order valence-electron chi connectivity index (χ1n) is 5.42. The molecule has 0 spiro atoms. The Balaban J connectivity index is 4.06. The number of hydrogen-bond donors (Lipinski definition) is 3. The van der Waals surface area contributed by atoms with Crippen LogP contribution < -0.4 is 10.6 Å². The first-order chi connectivity index (χ1) is 8.38. The van der Waals surface area contributed by atoms with Crippen LogP contribution in [0, 0.1) is 5.92 Å². The Kier molecular flexibility index (Phi) is 7.18. The van der Waals surface area contributed by atoms with Crippen LogP contribution in [0.5, 0.6) is 0 Å². The third-order valence-corrected chi connectivity index (χ3v) is 1.97. The second kappa shape index (κ2) is 8.10. The summed E-state index contributed by atoms with van der Waals surface area (Å²) in [5.74, 6) is -1.96. The fourth-order valence-electron chi connectivity index (χ4n) is 1.08. The zero-order chi connectivity index (χ0) is 14.1. The van der Waals surface area contributed by atoms with E-state index in [1.54, 1.807) is 13.8 Å². The van der Waals surface area contributed by atoms with Crippen molar-refractivity contribution in [3.63, 3.8) is 0 Å². The van der Waals surface area contributed by atoms with Gasteiger partial charge in [0.05, 0.1) is 0 Å². The maximum atomic E-state index is 11.4. The maximum absolute atomic E-state index is 11.4. The predicted molar refractivity (Wildman–Crippen MR) is 64.0 cm³/mol. The molecule has 0 unspecified atom stereocenters. The number of carbonyl (C=O) groups is 3. The molecule has 7 heteroatoms. The number of nitrogens with one attached hydrogen (secondary N) is 2. The fraction of sp³-hybridized carbons (Fsp3) is 0.545. The molecular weight excluding hydrogens is 240 g/mol. The van der Waals surface area contributed by atoms with Gasteiger partial charge in [-0.25, -0.2) is 9.59 Å². The monoisotopic (exact) mass is 258 g/mol. The van der Waals surface area contributed by atoms with Gasteiger partial charge in [0.1, 0.15) is 19.2 Å². The highest BCUT2D eigenvalue weighted by atomic mass is 16.5. The lowest BCUT2D eigenvalue weighted by Crippen LogP contribution is -2.48. The second-order valence-electron chi connectivity index (χ2n) is 3.87. The van der Waals surface area contributed by atoms with E-state index in [-0.39, 0.29) is 19.1 Å². The van der Waals surface area contributed by atoms with Crippen LogP contribution in [-0.4, -0.2) is 42.3 Å². The van der Waals surface area contributed by atoms with Gasteiger partial charge < -0.3 is 20.5 Å². The summed E-state index contributed by atoms with van der Waals surface area (Å²) in [4.78, 5) is 33.2. The molecule has 18 heavy (non-hydrogen) atoms. The van der Waals surface area contributed by atoms with Crippen molar-refractivity contribution >= 4 is 18.0 Å². The minimum Gasteiger partial charge on any atom is -0.480 e. The third kappa shape index (κ3) is 6.51. The van der Waals surface area contributed by atoms with Crippen LogP contribution in [0.15, 0.2) is 12.7 Å². The molecule has 0 fully saturated rings. The highest BCUT2D eigenvalue weighted by Gasteiger charge is 2.23. The quantitative estimate of drug-likeness (QED) is 0.563. The summed E-state index contributed by atoms with van der Waals surface area (Å²) >= 11 is 0. The molecule has 7 nitrogen and oxygen atoms in total. The van der Waals surface area contributed by atoms with E-state index >= 15 is 0 Å². The summed E-state index contributed by atoms with van der Waals surface area (Å²) in [6.07, 6.45) is 0.625. The minimum absolute atomic E-state index is 0.0389. The van der Waals surface area contributed by atoms with Gasteiger partial charge >= 0.3 is 12.1 Å². The van der Waals surface area contributed by atoms with Crippen molar-refractivity contribution in [3.05, 3.63) is 12.7 Å². The largest absolute Gasteiger partial charge is 0.480 e. The molecule has 1 atom stereocenters. The van der Waals surface area contributed by atoms with Crippen LogP contribution in [0.25, 0.3) is 0 Å². The lowest BCUT2D eigenvalue weighted by molar-refractivity contribution is -0.142. The third-order valence-electron chi connectivity index (χ3n) is 1.97. The first kappa shape index (κ1) is 16.0. The fourth-order valence-corrected chi connectivity index (χ4v) is 1.08. The molecule has 0 bridgehead atoms.